The molecule has 0 aliphatic heterocycles. The molecule has 2 saturated carbocycles. The Bertz CT molecular complexity index is 323. The first kappa shape index (κ1) is 12.8. The van der Waals surface area contributed by atoms with E-state index >= 15 is 0 Å². The van der Waals surface area contributed by atoms with Crippen LogP contribution in [0.3, 0.4) is 0 Å². The van der Waals surface area contributed by atoms with Gasteiger partial charge in [-0.25, -0.2) is 0 Å². The fourth-order valence-corrected chi connectivity index (χ4v) is 4.13. The molecule has 0 heterocycles. The van der Waals surface area contributed by atoms with E-state index in [2.05, 4.69) is 20.4 Å². The standard InChI is InChI=1S/C15H24O2/c1-10(2)12-4-5-15(8-12)11(3)6-14(17)7-13(15)9-16/h9,11-14,17H,1,4-8H2,2-3H3/t11-,12-,13-,14-,15+/m1/s1. The van der Waals surface area contributed by atoms with Gasteiger partial charge in [0.15, 0.2) is 0 Å². The van der Waals surface area contributed by atoms with Gasteiger partial charge in [-0.05, 0) is 56.3 Å². The topological polar surface area (TPSA) is 37.3 Å². The lowest BCUT2D eigenvalue weighted by atomic mass is 9.59. The van der Waals surface area contributed by atoms with E-state index in [0.717, 1.165) is 25.5 Å². The van der Waals surface area contributed by atoms with Crippen molar-refractivity contribution in [2.45, 2.75) is 52.1 Å². The number of rotatable bonds is 2. The summed E-state index contributed by atoms with van der Waals surface area (Å²) in [5.41, 5.74) is 1.40. The van der Waals surface area contributed by atoms with Crippen LogP contribution < -0.4 is 0 Å². The van der Waals surface area contributed by atoms with E-state index in [0.29, 0.717) is 18.3 Å². The summed E-state index contributed by atoms with van der Waals surface area (Å²) in [6.07, 6.45) is 5.72. The SMILES string of the molecule is C=C(C)[C@@H]1CC[C@]2(C1)[C@H](C)C[C@@H](O)C[C@@H]2C=O. The number of carbonyl (C=O) groups excluding carboxylic acids is 1. The lowest BCUT2D eigenvalue weighted by molar-refractivity contribution is -0.123. The third-order valence-electron chi connectivity index (χ3n) is 5.32. The van der Waals surface area contributed by atoms with E-state index in [4.69, 9.17) is 0 Å². The summed E-state index contributed by atoms with van der Waals surface area (Å²) in [6.45, 7) is 8.38. The zero-order valence-electron chi connectivity index (χ0n) is 11.0. The predicted molar refractivity (Wildman–Crippen MR) is 68.5 cm³/mol. The molecule has 1 N–H and O–H groups in total. The molecule has 17 heavy (non-hydrogen) atoms. The van der Waals surface area contributed by atoms with Crippen molar-refractivity contribution in [1.82, 2.24) is 0 Å². The first-order valence-corrected chi connectivity index (χ1v) is 6.78. The molecule has 0 aromatic rings. The van der Waals surface area contributed by atoms with Crippen LogP contribution in [0.25, 0.3) is 0 Å². The lowest BCUT2D eigenvalue weighted by Gasteiger charge is -2.46. The summed E-state index contributed by atoms with van der Waals surface area (Å²) in [4.78, 5) is 11.4. The molecule has 0 bridgehead atoms. The number of aldehydes is 1. The van der Waals surface area contributed by atoms with Crippen molar-refractivity contribution >= 4 is 6.29 Å². The quantitative estimate of drug-likeness (QED) is 0.591. The van der Waals surface area contributed by atoms with Gasteiger partial charge in [-0.2, -0.15) is 0 Å². The van der Waals surface area contributed by atoms with Crippen molar-refractivity contribution in [2.75, 3.05) is 0 Å². The van der Waals surface area contributed by atoms with Crippen LogP contribution >= 0.6 is 0 Å². The minimum atomic E-state index is -0.283. The summed E-state index contributed by atoms with van der Waals surface area (Å²) in [5.74, 6) is 1.08. The molecule has 2 nitrogen and oxygen atoms in total. The highest BCUT2D eigenvalue weighted by Gasteiger charge is 2.51. The summed E-state index contributed by atoms with van der Waals surface area (Å²) in [7, 11) is 0. The zero-order valence-corrected chi connectivity index (χ0v) is 11.0. The summed E-state index contributed by atoms with van der Waals surface area (Å²) < 4.78 is 0. The summed E-state index contributed by atoms with van der Waals surface area (Å²) in [6, 6.07) is 0. The number of hydrogen-bond donors (Lipinski definition) is 1. The molecular formula is C15H24O2. The fraction of sp³-hybridized carbons (Fsp3) is 0.800. The van der Waals surface area contributed by atoms with Gasteiger partial charge >= 0.3 is 0 Å². The van der Waals surface area contributed by atoms with E-state index in [1.54, 1.807) is 0 Å². The maximum Gasteiger partial charge on any atom is 0.123 e. The first-order chi connectivity index (χ1) is 7.99. The Morgan fingerprint density at radius 1 is 1.47 bits per heavy atom. The van der Waals surface area contributed by atoms with Gasteiger partial charge in [-0.3, -0.25) is 0 Å². The van der Waals surface area contributed by atoms with Crippen LogP contribution in [0.1, 0.15) is 46.0 Å². The van der Waals surface area contributed by atoms with Gasteiger partial charge in [0.2, 0.25) is 0 Å². The van der Waals surface area contributed by atoms with Crippen LogP contribution in [0.5, 0.6) is 0 Å². The highest BCUT2D eigenvalue weighted by atomic mass is 16.3. The van der Waals surface area contributed by atoms with Crippen LogP contribution in [-0.4, -0.2) is 17.5 Å². The van der Waals surface area contributed by atoms with Gasteiger partial charge in [0, 0.05) is 5.92 Å². The van der Waals surface area contributed by atoms with E-state index in [9.17, 15) is 9.90 Å². The van der Waals surface area contributed by atoms with Crippen molar-refractivity contribution in [2.24, 2.45) is 23.2 Å². The molecule has 5 atom stereocenters. The molecule has 0 amide bonds. The van der Waals surface area contributed by atoms with Gasteiger partial charge in [0.1, 0.15) is 6.29 Å². The molecule has 96 valence electrons. The second-order valence-corrected chi connectivity index (χ2v) is 6.29. The molecule has 2 fully saturated rings. The largest absolute Gasteiger partial charge is 0.393 e. The molecule has 0 aromatic carbocycles. The number of aliphatic hydroxyl groups is 1. The average Bonchev–Trinajstić information content (AvgIpc) is 2.70. The van der Waals surface area contributed by atoms with Gasteiger partial charge in [-0.1, -0.05) is 19.1 Å². The Morgan fingerprint density at radius 2 is 2.18 bits per heavy atom. The second-order valence-electron chi connectivity index (χ2n) is 6.29. The first-order valence-electron chi connectivity index (χ1n) is 6.78. The molecule has 2 aliphatic carbocycles. The third-order valence-corrected chi connectivity index (χ3v) is 5.32. The maximum atomic E-state index is 11.4. The molecule has 1 spiro atoms. The monoisotopic (exact) mass is 236 g/mol. The molecule has 2 heteroatoms. The molecule has 2 rings (SSSR count). The van der Waals surface area contributed by atoms with E-state index in [1.165, 1.54) is 12.0 Å². The average molecular weight is 236 g/mol. The lowest BCUT2D eigenvalue weighted by Crippen LogP contribution is -2.43. The molecule has 2 aliphatic rings. The Labute approximate surface area is 104 Å². The maximum absolute atomic E-state index is 11.4. The summed E-state index contributed by atoms with van der Waals surface area (Å²) in [5, 5.41) is 9.82. The number of hydrogen-bond acceptors (Lipinski definition) is 2. The molecule has 0 unspecified atom stereocenters. The number of allylic oxidation sites excluding steroid dienone is 1. The minimum absolute atomic E-state index is 0.0469. The minimum Gasteiger partial charge on any atom is -0.393 e. The third kappa shape index (κ3) is 2.08. The Balaban J connectivity index is 2.22. The number of carbonyl (C=O) groups is 1. The van der Waals surface area contributed by atoms with Crippen LogP contribution in [-0.2, 0) is 4.79 Å². The highest BCUT2D eigenvalue weighted by Crippen LogP contribution is 2.57. The predicted octanol–water partition coefficient (Wildman–Crippen LogP) is 2.95. The van der Waals surface area contributed by atoms with Crippen molar-refractivity contribution in [3.63, 3.8) is 0 Å². The van der Waals surface area contributed by atoms with Gasteiger partial charge in [0.25, 0.3) is 0 Å². The van der Waals surface area contributed by atoms with Crippen LogP contribution in [0.4, 0.5) is 0 Å². The summed E-state index contributed by atoms with van der Waals surface area (Å²) >= 11 is 0. The van der Waals surface area contributed by atoms with E-state index < -0.39 is 0 Å². The van der Waals surface area contributed by atoms with Crippen LogP contribution in [0, 0.1) is 23.2 Å². The van der Waals surface area contributed by atoms with Gasteiger partial charge in [0.05, 0.1) is 6.10 Å². The van der Waals surface area contributed by atoms with E-state index in [-0.39, 0.29) is 17.4 Å². The molecule has 0 radical (unpaired) electrons. The van der Waals surface area contributed by atoms with Gasteiger partial charge in [-0.15, -0.1) is 0 Å². The Hall–Kier alpha value is -0.630. The highest BCUT2D eigenvalue weighted by molar-refractivity contribution is 5.56. The van der Waals surface area contributed by atoms with Crippen molar-refractivity contribution in [3.05, 3.63) is 12.2 Å². The second kappa shape index (κ2) is 4.56. The molecular weight excluding hydrogens is 212 g/mol. The van der Waals surface area contributed by atoms with Crippen molar-refractivity contribution in [1.29, 1.82) is 0 Å². The van der Waals surface area contributed by atoms with Gasteiger partial charge < -0.3 is 9.90 Å². The fourth-order valence-electron chi connectivity index (χ4n) is 4.13. The molecule has 0 saturated heterocycles. The Kier molecular flexibility index (Phi) is 3.44. The Morgan fingerprint density at radius 3 is 2.71 bits per heavy atom. The van der Waals surface area contributed by atoms with Crippen LogP contribution in [0.2, 0.25) is 0 Å². The van der Waals surface area contributed by atoms with Crippen LogP contribution in [0.15, 0.2) is 12.2 Å². The van der Waals surface area contributed by atoms with Crippen molar-refractivity contribution in [3.8, 4) is 0 Å². The normalized spacial score (nSPS) is 46.1. The number of aliphatic hydroxyl groups excluding tert-OH is 1. The van der Waals surface area contributed by atoms with Crippen molar-refractivity contribution < 1.29 is 9.90 Å². The smallest absolute Gasteiger partial charge is 0.123 e. The molecule has 0 aromatic heterocycles. The van der Waals surface area contributed by atoms with E-state index in [1.807, 2.05) is 0 Å². The zero-order chi connectivity index (χ0) is 12.6.